The lowest BCUT2D eigenvalue weighted by Gasteiger charge is -2.34. The van der Waals surface area contributed by atoms with Crippen LogP contribution in [-0.4, -0.2) is 44.9 Å². The number of carbonyl (C=O) groups is 1. The van der Waals surface area contributed by atoms with Gasteiger partial charge in [-0.3, -0.25) is 4.18 Å². The lowest BCUT2D eigenvalue weighted by atomic mass is 10.0. The van der Waals surface area contributed by atoms with E-state index in [1.165, 1.54) is 0 Å². The molecule has 0 radical (unpaired) electrons. The zero-order chi connectivity index (χ0) is 16.7. The summed E-state index contributed by atoms with van der Waals surface area (Å²) in [6, 6.07) is 9.48. The molecule has 7 heteroatoms. The number of hydrogen-bond donors (Lipinski definition) is 0. The third-order valence-electron chi connectivity index (χ3n) is 3.82. The highest BCUT2D eigenvalue weighted by atomic mass is 32.2. The number of benzene rings is 1. The highest BCUT2D eigenvalue weighted by Crippen LogP contribution is 2.21. The molecule has 1 saturated heterocycles. The Kier molecular flexibility index (Phi) is 6.41. The van der Waals surface area contributed by atoms with Crippen molar-refractivity contribution in [2.45, 2.75) is 38.3 Å². The minimum absolute atomic E-state index is 0.0335. The lowest BCUT2D eigenvalue weighted by Crippen LogP contribution is -2.44. The predicted octanol–water partition coefficient (Wildman–Crippen LogP) is 2.54. The summed E-state index contributed by atoms with van der Waals surface area (Å²) in [5, 5.41) is 0. The van der Waals surface area contributed by atoms with Crippen LogP contribution in [0.3, 0.4) is 0 Å². The van der Waals surface area contributed by atoms with Crippen LogP contribution in [0.5, 0.6) is 0 Å². The SMILES string of the molecule is CS(=O)(=O)OCCC1CCCCN1C(=O)OCc1ccccc1. The smallest absolute Gasteiger partial charge is 0.410 e. The van der Waals surface area contributed by atoms with E-state index in [4.69, 9.17) is 8.92 Å². The number of amides is 1. The van der Waals surface area contributed by atoms with Crippen molar-refractivity contribution in [1.82, 2.24) is 4.90 Å². The summed E-state index contributed by atoms with van der Waals surface area (Å²) in [5.41, 5.74) is 0.940. The van der Waals surface area contributed by atoms with Crippen LogP contribution in [0.1, 0.15) is 31.2 Å². The second kappa shape index (κ2) is 8.31. The zero-order valence-corrected chi connectivity index (χ0v) is 14.1. The van der Waals surface area contributed by atoms with E-state index in [0.717, 1.165) is 31.1 Å². The fourth-order valence-corrected chi connectivity index (χ4v) is 3.08. The first-order valence-corrected chi connectivity index (χ1v) is 9.59. The first kappa shape index (κ1) is 17.7. The molecule has 1 heterocycles. The molecule has 1 atom stereocenters. The zero-order valence-electron chi connectivity index (χ0n) is 13.3. The van der Waals surface area contributed by atoms with Gasteiger partial charge >= 0.3 is 6.09 Å². The van der Waals surface area contributed by atoms with Crippen LogP contribution in [-0.2, 0) is 25.6 Å². The summed E-state index contributed by atoms with van der Waals surface area (Å²) in [4.78, 5) is 14.0. The van der Waals surface area contributed by atoms with Crippen molar-refractivity contribution in [2.75, 3.05) is 19.4 Å². The molecule has 0 aromatic heterocycles. The quantitative estimate of drug-likeness (QED) is 0.744. The van der Waals surface area contributed by atoms with E-state index >= 15 is 0 Å². The van der Waals surface area contributed by atoms with Gasteiger partial charge in [0.25, 0.3) is 10.1 Å². The molecule has 0 aliphatic carbocycles. The van der Waals surface area contributed by atoms with E-state index in [-0.39, 0.29) is 25.3 Å². The highest BCUT2D eigenvalue weighted by Gasteiger charge is 2.27. The Bertz CT molecular complexity index is 602. The first-order valence-electron chi connectivity index (χ1n) is 7.77. The van der Waals surface area contributed by atoms with Gasteiger partial charge in [0.05, 0.1) is 12.9 Å². The number of piperidine rings is 1. The van der Waals surface area contributed by atoms with Gasteiger partial charge in [0.1, 0.15) is 6.61 Å². The van der Waals surface area contributed by atoms with E-state index in [1.807, 2.05) is 30.3 Å². The van der Waals surface area contributed by atoms with Gasteiger partial charge < -0.3 is 9.64 Å². The summed E-state index contributed by atoms with van der Waals surface area (Å²) in [6.07, 6.45) is 3.97. The molecule has 1 aromatic rings. The molecule has 1 unspecified atom stereocenters. The molecular weight excluding hydrogens is 318 g/mol. The van der Waals surface area contributed by atoms with Gasteiger partial charge in [0.2, 0.25) is 0 Å². The largest absolute Gasteiger partial charge is 0.445 e. The number of likely N-dealkylation sites (tertiary alicyclic amines) is 1. The van der Waals surface area contributed by atoms with Gasteiger partial charge in [0, 0.05) is 12.6 Å². The fourth-order valence-electron chi connectivity index (χ4n) is 2.68. The van der Waals surface area contributed by atoms with Gasteiger partial charge in [-0.15, -0.1) is 0 Å². The topological polar surface area (TPSA) is 72.9 Å². The number of ether oxygens (including phenoxy) is 1. The summed E-state index contributed by atoms with van der Waals surface area (Å²) in [5.74, 6) is 0. The average Bonchev–Trinajstić information content (AvgIpc) is 2.53. The van der Waals surface area contributed by atoms with E-state index in [9.17, 15) is 13.2 Å². The molecular formula is C16H23NO5S. The predicted molar refractivity (Wildman–Crippen MR) is 86.4 cm³/mol. The highest BCUT2D eigenvalue weighted by molar-refractivity contribution is 7.85. The fraction of sp³-hybridized carbons (Fsp3) is 0.562. The molecule has 0 spiro atoms. The van der Waals surface area contributed by atoms with Gasteiger partial charge in [-0.2, -0.15) is 8.42 Å². The Labute approximate surface area is 137 Å². The molecule has 0 saturated carbocycles. The van der Waals surface area contributed by atoms with Crippen molar-refractivity contribution >= 4 is 16.2 Å². The molecule has 6 nitrogen and oxygen atoms in total. The molecule has 1 aliphatic heterocycles. The molecule has 0 bridgehead atoms. The second-order valence-electron chi connectivity index (χ2n) is 5.70. The van der Waals surface area contributed by atoms with Crippen molar-refractivity contribution in [3.63, 3.8) is 0 Å². The number of rotatable bonds is 6. The molecule has 0 N–H and O–H groups in total. The summed E-state index contributed by atoms with van der Waals surface area (Å²) in [6.45, 7) is 0.964. The van der Waals surface area contributed by atoms with Crippen LogP contribution in [0.4, 0.5) is 4.79 Å². The Hall–Kier alpha value is -1.60. The van der Waals surface area contributed by atoms with Gasteiger partial charge in [0.15, 0.2) is 0 Å². The van der Waals surface area contributed by atoms with Crippen molar-refractivity contribution in [2.24, 2.45) is 0 Å². The van der Waals surface area contributed by atoms with Crippen molar-refractivity contribution in [3.05, 3.63) is 35.9 Å². The summed E-state index contributed by atoms with van der Waals surface area (Å²) in [7, 11) is -3.44. The van der Waals surface area contributed by atoms with Crippen LogP contribution in [0.2, 0.25) is 0 Å². The molecule has 1 aromatic carbocycles. The Morgan fingerprint density at radius 1 is 1.26 bits per heavy atom. The van der Waals surface area contributed by atoms with Crippen LogP contribution in [0.25, 0.3) is 0 Å². The maximum atomic E-state index is 12.3. The van der Waals surface area contributed by atoms with Crippen LogP contribution < -0.4 is 0 Å². The molecule has 128 valence electrons. The standard InChI is InChI=1S/C16H23NO5S/c1-23(19,20)22-12-10-15-9-5-6-11-17(15)16(18)21-13-14-7-3-2-4-8-14/h2-4,7-8,15H,5-6,9-13H2,1H3. The maximum Gasteiger partial charge on any atom is 0.410 e. The Morgan fingerprint density at radius 3 is 2.70 bits per heavy atom. The first-order chi connectivity index (χ1) is 11.0. The average molecular weight is 341 g/mol. The van der Waals surface area contributed by atoms with Crippen LogP contribution >= 0.6 is 0 Å². The molecule has 2 rings (SSSR count). The molecule has 1 aliphatic rings. The third kappa shape index (κ3) is 6.19. The summed E-state index contributed by atoms with van der Waals surface area (Å²) >= 11 is 0. The monoisotopic (exact) mass is 341 g/mol. The van der Waals surface area contributed by atoms with Gasteiger partial charge in [-0.05, 0) is 31.2 Å². The number of nitrogens with zero attached hydrogens (tertiary/aromatic N) is 1. The normalized spacial score (nSPS) is 18.7. The third-order valence-corrected chi connectivity index (χ3v) is 4.41. The Morgan fingerprint density at radius 2 is 2.00 bits per heavy atom. The molecule has 1 amide bonds. The number of carbonyl (C=O) groups excluding carboxylic acids is 1. The minimum Gasteiger partial charge on any atom is -0.445 e. The van der Waals surface area contributed by atoms with E-state index in [0.29, 0.717) is 13.0 Å². The van der Waals surface area contributed by atoms with Crippen LogP contribution in [0, 0.1) is 0 Å². The second-order valence-corrected chi connectivity index (χ2v) is 7.34. The lowest BCUT2D eigenvalue weighted by molar-refractivity contribution is 0.0626. The summed E-state index contributed by atoms with van der Waals surface area (Å²) < 4.78 is 32.2. The van der Waals surface area contributed by atoms with Gasteiger partial charge in [-0.1, -0.05) is 30.3 Å². The van der Waals surface area contributed by atoms with Crippen LogP contribution in [0.15, 0.2) is 30.3 Å². The van der Waals surface area contributed by atoms with Crippen molar-refractivity contribution < 1.29 is 22.1 Å². The minimum atomic E-state index is -3.44. The van der Waals surface area contributed by atoms with Crippen molar-refractivity contribution in [1.29, 1.82) is 0 Å². The van der Waals surface area contributed by atoms with E-state index in [2.05, 4.69) is 0 Å². The number of hydrogen-bond acceptors (Lipinski definition) is 5. The maximum absolute atomic E-state index is 12.3. The van der Waals surface area contributed by atoms with Crippen molar-refractivity contribution in [3.8, 4) is 0 Å². The molecule has 23 heavy (non-hydrogen) atoms. The van der Waals surface area contributed by atoms with E-state index < -0.39 is 10.1 Å². The molecule has 1 fully saturated rings. The Balaban J connectivity index is 1.85. The van der Waals surface area contributed by atoms with Gasteiger partial charge in [-0.25, -0.2) is 4.79 Å². The van der Waals surface area contributed by atoms with E-state index in [1.54, 1.807) is 4.90 Å².